The average molecular weight is 314 g/mol. The van der Waals surface area contributed by atoms with Gasteiger partial charge >= 0.3 is 5.97 Å². The minimum Gasteiger partial charge on any atom is -0.465 e. The number of methoxy groups -OCH3 is 1. The van der Waals surface area contributed by atoms with Crippen LogP contribution in [-0.2, 0) is 10.5 Å². The lowest BCUT2D eigenvalue weighted by Gasteiger charge is -2.02. The van der Waals surface area contributed by atoms with Gasteiger partial charge in [-0.15, -0.1) is 0 Å². The van der Waals surface area contributed by atoms with Crippen molar-refractivity contribution in [2.75, 3.05) is 7.11 Å². The fraction of sp³-hybridized carbons (Fsp3) is 0.188. The molecule has 0 spiro atoms. The summed E-state index contributed by atoms with van der Waals surface area (Å²) in [5.41, 5.74) is 1.37. The molecule has 2 aromatic heterocycles. The molecule has 1 aromatic carbocycles. The Morgan fingerprint density at radius 3 is 2.95 bits per heavy atom. The predicted octanol–water partition coefficient (Wildman–Crippen LogP) is 3.61. The second-order valence-electron chi connectivity index (χ2n) is 4.66. The molecule has 112 valence electrons. The molecule has 22 heavy (non-hydrogen) atoms. The van der Waals surface area contributed by atoms with Crippen LogP contribution in [0.5, 0.6) is 0 Å². The van der Waals surface area contributed by atoms with Gasteiger partial charge in [-0.1, -0.05) is 30.0 Å². The number of esters is 1. The van der Waals surface area contributed by atoms with Gasteiger partial charge in [0.1, 0.15) is 28.4 Å². The van der Waals surface area contributed by atoms with E-state index in [2.05, 4.69) is 9.97 Å². The molecule has 0 fully saturated rings. The summed E-state index contributed by atoms with van der Waals surface area (Å²) in [6, 6.07) is 9.57. The third-order valence-corrected chi connectivity index (χ3v) is 4.26. The van der Waals surface area contributed by atoms with Crippen LogP contribution in [0.1, 0.15) is 21.9 Å². The minimum absolute atomic E-state index is 0.384. The number of nitrogens with zero attached hydrogens (tertiary/aromatic N) is 2. The van der Waals surface area contributed by atoms with E-state index in [0.717, 1.165) is 15.9 Å². The van der Waals surface area contributed by atoms with Crippen molar-refractivity contribution in [3.8, 4) is 0 Å². The van der Waals surface area contributed by atoms with Crippen molar-refractivity contribution in [2.45, 2.75) is 17.7 Å². The molecule has 6 heteroatoms. The number of furan rings is 1. The van der Waals surface area contributed by atoms with Gasteiger partial charge in [0.05, 0.1) is 18.4 Å². The smallest absolute Gasteiger partial charge is 0.341 e. The van der Waals surface area contributed by atoms with E-state index < -0.39 is 0 Å². The van der Waals surface area contributed by atoms with Crippen LogP contribution in [0.2, 0.25) is 0 Å². The van der Waals surface area contributed by atoms with Gasteiger partial charge in [0.15, 0.2) is 0 Å². The number of aromatic nitrogens is 2. The number of carbonyl (C=O) groups excluding carboxylic acids is 1. The summed E-state index contributed by atoms with van der Waals surface area (Å²) in [6.07, 6.45) is 1.55. The van der Waals surface area contributed by atoms with Gasteiger partial charge in [-0.3, -0.25) is 0 Å². The predicted molar refractivity (Wildman–Crippen MR) is 83.9 cm³/mol. The average Bonchev–Trinajstić information content (AvgIpc) is 2.93. The zero-order valence-electron chi connectivity index (χ0n) is 12.2. The maximum Gasteiger partial charge on any atom is 0.341 e. The normalized spacial score (nSPS) is 10.8. The van der Waals surface area contributed by atoms with Crippen molar-refractivity contribution in [2.24, 2.45) is 0 Å². The first-order valence-electron chi connectivity index (χ1n) is 6.69. The van der Waals surface area contributed by atoms with Crippen molar-refractivity contribution in [3.63, 3.8) is 0 Å². The standard InChI is InChI=1S/C16H14N2O3S/c1-10-13(16(19)20-2)7-11(21-10)8-22-15-12-5-3-4-6-14(12)17-9-18-15/h3-7,9H,8H2,1-2H3. The van der Waals surface area contributed by atoms with Gasteiger partial charge in [0, 0.05) is 5.39 Å². The van der Waals surface area contributed by atoms with E-state index in [1.54, 1.807) is 31.1 Å². The first kappa shape index (κ1) is 14.6. The molecular weight excluding hydrogens is 300 g/mol. The Labute approximate surface area is 131 Å². The number of rotatable bonds is 4. The highest BCUT2D eigenvalue weighted by Crippen LogP contribution is 2.28. The summed E-state index contributed by atoms with van der Waals surface area (Å²) in [5, 5.41) is 1.89. The molecule has 3 rings (SSSR count). The molecular formula is C16H14N2O3S. The second-order valence-corrected chi connectivity index (χ2v) is 5.62. The fourth-order valence-electron chi connectivity index (χ4n) is 2.16. The number of thioether (sulfide) groups is 1. The fourth-order valence-corrected chi connectivity index (χ4v) is 3.03. The van der Waals surface area contributed by atoms with Crippen LogP contribution in [0, 0.1) is 6.92 Å². The van der Waals surface area contributed by atoms with Crippen LogP contribution in [-0.4, -0.2) is 23.0 Å². The second kappa shape index (κ2) is 6.19. The van der Waals surface area contributed by atoms with Crippen LogP contribution in [0.15, 0.2) is 46.1 Å². The Morgan fingerprint density at radius 1 is 1.32 bits per heavy atom. The summed E-state index contributed by atoms with van der Waals surface area (Å²) in [5.74, 6) is 1.48. The molecule has 0 radical (unpaired) electrons. The van der Waals surface area contributed by atoms with E-state index >= 15 is 0 Å². The van der Waals surface area contributed by atoms with Crippen molar-refractivity contribution >= 4 is 28.6 Å². The maximum absolute atomic E-state index is 11.6. The van der Waals surface area contributed by atoms with E-state index in [9.17, 15) is 4.79 Å². The van der Waals surface area contributed by atoms with Crippen molar-refractivity contribution in [1.29, 1.82) is 0 Å². The van der Waals surface area contributed by atoms with Crippen LogP contribution < -0.4 is 0 Å². The van der Waals surface area contributed by atoms with E-state index in [1.165, 1.54) is 7.11 Å². The number of carbonyl (C=O) groups is 1. The third kappa shape index (κ3) is 2.82. The summed E-state index contributed by atoms with van der Waals surface area (Å²) >= 11 is 1.55. The molecule has 0 saturated heterocycles. The van der Waals surface area contributed by atoms with E-state index in [1.807, 2.05) is 24.3 Å². The quantitative estimate of drug-likeness (QED) is 0.416. The third-order valence-electron chi connectivity index (χ3n) is 3.23. The Balaban J connectivity index is 1.81. The van der Waals surface area contributed by atoms with Crippen LogP contribution in [0.3, 0.4) is 0 Å². The lowest BCUT2D eigenvalue weighted by atomic mass is 10.2. The maximum atomic E-state index is 11.6. The van der Waals surface area contributed by atoms with Gasteiger partial charge in [0.2, 0.25) is 0 Å². The van der Waals surface area contributed by atoms with E-state index in [4.69, 9.17) is 9.15 Å². The molecule has 2 heterocycles. The molecule has 3 aromatic rings. The summed E-state index contributed by atoms with van der Waals surface area (Å²) < 4.78 is 10.3. The van der Waals surface area contributed by atoms with E-state index in [0.29, 0.717) is 22.8 Å². The zero-order valence-corrected chi connectivity index (χ0v) is 13.0. The number of ether oxygens (including phenoxy) is 1. The largest absolute Gasteiger partial charge is 0.465 e. The number of fused-ring (bicyclic) bond motifs is 1. The Hall–Kier alpha value is -2.34. The highest BCUT2D eigenvalue weighted by Gasteiger charge is 2.15. The van der Waals surface area contributed by atoms with Crippen LogP contribution in [0.4, 0.5) is 0 Å². The van der Waals surface area contributed by atoms with Crippen molar-refractivity contribution in [1.82, 2.24) is 9.97 Å². The van der Waals surface area contributed by atoms with Gasteiger partial charge < -0.3 is 9.15 Å². The van der Waals surface area contributed by atoms with E-state index in [-0.39, 0.29) is 5.97 Å². The highest BCUT2D eigenvalue weighted by molar-refractivity contribution is 7.98. The molecule has 0 bridgehead atoms. The number of para-hydroxylation sites is 1. The Kier molecular flexibility index (Phi) is 4.11. The summed E-state index contributed by atoms with van der Waals surface area (Å²) in [7, 11) is 1.36. The molecule has 0 aliphatic carbocycles. The summed E-state index contributed by atoms with van der Waals surface area (Å²) in [4.78, 5) is 20.1. The van der Waals surface area contributed by atoms with Gasteiger partial charge in [-0.25, -0.2) is 14.8 Å². The summed E-state index contributed by atoms with van der Waals surface area (Å²) in [6.45, 7) is 1.75. The SMILES string of the molecule is COC(=O)c1cc(CSc2ncnc3ccccc23)oc1C. The zero-order chi connectivity index (χ0) is 15.5. The molecule has 0 aliphatic rings. The molecule has 0 amide bonds. The highest BCUT2D eigenvalue weighted by atomic mass is 32.2. The number of benzene rings is 1. The van der Waals surface area contributed by atoms with Crippen molar-refractivity contribution < 1.29 is 13.9 Å². The first-order valence-corrected chi connectivity index (χ1v) is 7.68. The van der Waals surface area contributed by atoms with Crippen molar-refractivity contribution in [3.05, 3.63) is 53.7 Å². The minimum atomic E-state index is -0.384. The van der Waals surface area contributed by atoms with Gasteiger partial charge in [-0.2, -0.15) is 0 Å². The first-order chi connectivity index (χ1) is 10.7. The van der Waals surface area contributed by atoms with Gasteiger partial charge in [-0.05, 0) is 19.1 Å². The molecule has 0 saturated carbocycles. The Morgan fingerprint density at radius 2 is 2.14 bits per heavy atom. The van der Waals surface area contributed by atoms with Crippen LogP contribution >= 0.6 is 11.8 Å². The Bertz CT molecular complexity index is 824. The number of hydrogen-bond donors (Lipinski definition) is 0. The monoisotopic (exact) mass is 314 g/mol. The lowest BCUT2D eigenvalue weighted by molar-refractivity contribution is 0.0599. The number of hydrogen-bond acceptors (Lipinski definition) is 6. The van der Waals surface area contributed by atoms with Gasteiger partial charge in [0.25, 0.3) is 0 Å². The lowest BCUT2D eigenvalue weighted by Crippen LogP contribution is -2.00. The molecule has 5 nitrogen and oxygen atoms in total. The van der Waals surface area contributed by atoms with Crippen LogP contribution in [0.25, 0.3) is 10.9 Å². The number of aryl methyl sites for hydroxylation is 1. The molecule has 0 atom stereocenters. The molecule has 0 N–H and O–H groups in total. The molecule has 0 unspecified atom stereocenters. The topological polar surface area (TPSA) is 65.2 Å². The molecule has 0 aliphatic heterocycles.